The van der Waals surface area contributed by atoms with Crippen LogP contribution in [-0.2, 0) is 13.0 Å². The molecule has 0 spiro atoms. The highest BCUT2D eigenvalue weighted by Crippen LogP contribution is 2.08. The van der Waals surface area contributed by atoms with E-state index in [2.05, 4.69) is 20.5 Å². The molecule has 110 valence electrons. The summed E-state index contributed by atoms with van der Waals surface area (Å²) in [5.74, 6) is -0.0338. The molecule has 1 N–H and O–H groups in total. The topological polar surface area (TPSA) is 80.9 Å². The van der Waals surface area contributed by atoms with Crippen molar-refractivity contribution < 1.29 is 9.21 Å². The van der Waals surface area contributed by atoms with Crippen LogP contribution in [-0.4, -0.2) is 21.1 Å². The number of nitrogens with one attached hydrogen (secondary N) is 1. The van der Waals surface area contributed by atoms with Gasteiger partial charge in [-0.3, -0.25) is 9.78 Å². The number of rotatable bonds is 5. The second-order valence-corrected chi connectivity index (χ2v) is 4.67. The van der Waals surface area contributed by atoms with Gasteiger partial charge in [0.05, 0.1) is 18.7 Å². The average Bonchev–Trinajstić information content (AvgIpc) is 3.03. The molecule has 0 atom stereocenters. The molecule has 1 amide bonds. The SMILES string of the molecule is O=C(NCc1ccccn1)c1nnc(Cc2ccccc2)o1. The fourth-order valence-electron chi connectivity index (χ4n) is 1.94. The summed E-state index contributed by atoms with van der Waals surface area (Å²) in [6.07, 6.45) is 2.17. The summed E-state index contributed by atoms with van der Waals surface area (Å²) in [6.45, 7) is 0.316. The van der Waals surface area contributed by atoms with Gasteiger partial charge in [0.25, 0.3) is 0 Å². The summed E-state index contributed by atoms with van der Waals surface area (Å²) >= 11 is 0. The number of carbonyl (C=O) groups is 1. The molecule has 6 nitrogen and oxygen atoms in total. The van der Waals surface area contributed by atoms with Gasteiger partial charge in [0, 0.05) is 6.20 Å². The second kappa shape index (κ2) is 6.62. The molecule has 0 saturated carbocycles. The Morgan fingerprint density at radius 2 is 1.86 bits per heavy atom. The van der Waals surface area contributed by atoms with Crippen molar-refractivity contribution in [2.24, 2.45) is 0 Å². The molecule has 0 unspecified atom stereocenters. The van der Waals surface area contributed by atoms with Gasteiger partial charge in [-0.1, -0.05) is 36.4 Å². The molecule has 0 radical (unpaired) electrons. The zero-order valence-corrected chi connectivity index (χ0v) is 11.8. The highest BCUT2D eigenvalue weighted by Gasteiger charge is 2.14. The highest BCUT2D eigenvalue weighted by molar-refractivity contribution is 5.89. The van der Waals surface area contributed by atoms with Crippen molar-refractivity contribution in [1.29, 1.82) is 0 Å². The molecule has 0 aliphatic heterocycles. The van der Waals surface area contributed by atoms with E-state index < -0.39 is 5.91 Å². The van der Waals surface area contributed by atoms with Gasteiger partial charge in [-0.05, 0) is 17.7 Å². The third-order valence-corrected chi connectivity index (χ3v) is 3.02. The number of nitrogens with zero attached hydrogens (tertiary/aromatic N) is 3. The Morgan fingerprint density at radius 1 is 1.05 bits per heavy atom. The lowest BCUT2D eigenvalue weighted by molar-refractivity contribution is 0.0914. The second-order valence-electron chi connectivity index (χ2n) is 4.67. The maximum absolute atomic E-state index is 11.9. The Labute approximate surface area is 127 Å². The molecule has 22 heavy (non-hydrogen) atoms. The van der Waals surface area contributed by atoms with E-state index in [1.807, 2.05) is 48.5 Å². The normalized spacial score (nSPS) is 10.4. The lowest BCUT2D eigenvalue weighted by atomic mass is 10.2. The van der Waals surface area contributed by atoms with Gasteiger partial charge in [0.1, 0.15) is 0 Å². The van der Waals surface area contributed by atoms with Crippen molar-refractivity contribution in [3.05, 3.63) is 77.8 Å². The van der Waals surface area contributed by atoms with Crippen LogP contribution in [0.4, 0.5) is 0 Å². The smallest absolute Gasteiger partial charge is 0.309 e. The van der Waals surface area contributed by atoms with Gasteiger partial charge in [0.15, 0.2) is 0 Å². The first kappa shape index (κ1) is 13.9. The minimum absolute atomic E-state index is 0.0399. The van der Waals surface area contributed by atoms with Crippen molar-refractivity contribution in [3.8, 4) is 0 Å². The van der Waals surface area contributed by atoms with Crippen LogP contribution in [0, 0.1) is 0 Å². The Kier molecular flexibility index (Phi) is 4.20. The van der Waals surface area contributed by atoms with Crippen LogP contribution in [0.15, 0.2) is 59.1 Å². The van der Waals surface area contributed by atoms with Crippen LogP contribution in [0.1, 0.15) is 27.8 Å². The Balaban J connectivity index is 1.60. The molecular weight excluding hydrogens is 280 g/mol. The predicted octanol–water partition coefficient (Wildman–Crippen LogP) is 1.99. The largest absolute Gasteiger partial charge is 0.417 e. The van der Waals surface area contributed by atoms with Gasteiger partial charge >= 0.3 is 11.8 Å². The molecule has 0 aliphatic carbocycles. The quantitative estimate of drug-likeness (QED) is 0.778. The number of benzene rings is 1. The predicted molar refractivity (Wildman–Crippen MR) is 79.0 cm³/mol. The standard InChI is InChI=1S/C16H14N4O2/c21-15(18-11-13-8-4-5-9-17-13)16-20-19-14(22-16)10-12-6-2-1-3-7-12/h1-9H,10-11H2,(H,18,21). The van der Waals surface area contributed by atoms with E-state index in [0.29, 0.717) is 18.9 Å². The first-order valence-electron chi connectivity index (χ1n) is 6.85. The summed E-state index contributed by atoms with van der Waals surface area (Å²) in [7, 11) is 0. The first-order chi connectivity index (χ1) is 10.8. The van der Waals surface area contributed by atoms with E-state index in [1.165, 1.54) is 0 Å². The van der Waals surface area contributed by atoms with Crippen LogP contribution < -0.4 is 5.32 Å². The van der Waals surface area contributed by atoms with Crippen LogP contribution in [0.25, 0.3) is 0 Å². The Morgan fingerprint density at radius 3 is 2.64 bits per heavy atom. The van der Waals surface area contributed by atoms with E-state index in [-0.39, 0.29) is 5.89 Å². The molecule has 0 saturated heterocycles. The van der Waals surface area contributed by atoms with Gasteiger partial charge in [0.2, 0.25) is 5.89 Å². The fraction of sp³-hybridized carbons (Fsp3) is 0.125. The number of aromatic nitrogens is 3. The number of hydrogen-bond acceptors (Lipinski definition) is 5. The highest BCUT2D eigenvalue weighted by atomic mass is 16.4. The van der Waals surface area contributed by atoms with E-state index >= 15 is 0 Å². The zero-order chi connectivity index (χ0) is 15.2. The van der Waals surface area contributed by atoms with Gasteiger partial charge in [-0.15, -0.1) is 10.2 Å². The maximum atomic E-state index is 11.9. The molecule has 0 bridgehead atoms. The molecule has 0 aliphatic rings. The van der Waals surface area contributed by atoms with Crippen LogP contribution >= 0.6 is 0 Å². The van der Waals surface area contributed by atoms with Crippen molar-refractivity contribution in [2.75, 3.05) is 0 Å². The lowest BCUT2D eigenvalue weighted by Gasteiger charge is -2.00. The molecule has 2 heterocycles. The van der Waals surface area contributed by atoms with Gasteiger partial charge in [-0.2, -0.15) is 0 Å². The van der Waals surface area contributed by atoms with Crippen LogP contribution in [0.3, 0.4) is 0 Å². The number of carbonyl (C=O) groups excluding carboxylic acids is 1. The molecule has 0 fully saturated rings. The maximum Gasteiger partial charge on any atom is 0.309 e. The number of hydrogen-bond donors (Lipinski definition) is 1. The zero-order valence-electron chi connectivity index (χ0n) is 11.8. The Hall–Kier alpha value is -3.02. The van der Waals surface area contributed by atoms with E-state index in [0.717, 1.165) is 11.3 Å². The minimum Gasteiger partial charge on any atom is -0.417 e. The van der Waals surface area contributed by atoms with Crippen LogP contribution in [0.5, 0.6) is 0 Å². The molecular formula is C16H14N4O2. The number of pyridine rings is 1. The molecule has 3 aromatic rings. The molecule has 2 aromatic heterocycles. The summed E-state index contributed by atoms with van der Waals surface area (Å²) < 4.78 is 5.38. The van der Waals surface area contributed by atoms with Crippen molar-refractivity contribution >= 4 is 5.91 Å². The van der Waals surface area contributed by atoms with E-state index in [1.54, 1.807) is 6.20 Å². The average molecular weight is 294 g/mol. The van der Waals surface area contributed by atoms with E-state index in [4.69, 9.17) is 4.42 Å². The monoisotopic (exact) mass is 294 g/mol. The van der Waals surface area contributed by atoms with Crippen molar-refractivity contribution in [2.45, 2.75) is 13.0 Å². The lowest BCUT2D eigenvalue weighted by Crippen LogP contribution is -2.23. The molecule has 3 rings (SSSR count). The summed E-state index contributed by atoms with van der Waals surface area (Å²) in [4.78, 5) is 16.1. The van der Waals surface area contributed by atoms with E-state index in [9.17, 15) is 4.79 Å². The van der Waals surface area contributed by atoms with Gasteiger partial charge < -0.3 is 9.73 Å². The Bertz CT molecular complexity index is 741. The van der Waals surface area contributed by atoms with Gasteiger partial charge in [-0.25, -0.2) is 0 Å². The summed E-state index contributed by atoms with van der Waals surface area (Å²) in [5, 5.41) is 10.4. The fourth-order valence-corrected chi connectivity index (χ4v) is 1.94. The third kappa shape index (κ3) is 3.54. The third-order valence-electron chi connectivity index (χ3n) is 3.02. The first-order valence-corrected chi connectivity index (χ1v) is 6.85. The van der Waals surface area contributed by atoms with Crippen molar-refractivity contribution in [1.82, 2.24) is 20.5 Å². The molecule has 1 aromatic carbocycles. The summed E-state index contributed by atoms with van der Waals surface area (Å²) in [6, 6.07) is 15.2. The molecule has 6 heteroatoms. The minimum atomic E-state index is -0.405. The number of amides is 1. The summed E-state index contributed by atoms with van der Waals surface area (Å²) in [5.41, 5.74) is 1.81. The van der Waals surface area contributed by atoms with Crippen LogP contribution in [0.2, 0.25) is 0 Å². The van der Waals surface area contributed by atoms with Crippen molar-refractivity contribution in [3.63, 3.8) is 0 Å².